The van der Waals surface area contributed by atoms with E-state index in [4.69, 9.17) is 23.1 Å². The minimum atomic E-state index is -0.671. The normalized spacial score (nSPS) is 10.2. The van der Waals surface area contributed by atoms with E-state index in [1.54, 1.807) is 24.3 Å². The molecule has 1 heterocycles. The number of nitrogens with zero attached hydrogens (tertiary/aromatic N) is 1. The largest absolute Gasteiger partial charge is 0.383 e. The number of pyridine rings is 1. The maximum Gasteiger partial charge on any atom is 0.252 e. The molecule has 1 aromatic heterocycles. The zero-order valence-corrected chi connectivity index (χ0v) is 11.2. The number of ketones is 1. The Bertz CT molecular complexity index is 669. The lowest BCUT2D eigenvalue weighted by molar-refractivity contribution is 0.0984. The van der Waals surface area contributed by atoms with Gasteiger partial charge < -0.3 is 11.5 Å². The van der Waals surface area contributed by atoms with E-state index >= 15 is 0 Å². The number of aromatic nitrogens is 1. The quantitative estimate of drug-likeness (QED) is 0.839. The number of primary amides is 1. The molecule has 2 rings (SSSR count). The smallest absolute Gasteiger partial charge is 0.252 e. The van der Waals surface area contributed by atoms with E-state index in [1.165, 1.54) is 12.3 Å². The van der Waals surface area contributed by atoms with Crippen molar-refractivity contribution in [2.75, 3.05) is 5.73 Å². The number of nitrogen functional groups attached to an aromatic ring is 1. The number of anilines is 1. The Morgan fingerprint density at radius 3 is 2.45 bits per heavy atom. The predicted molar refractivity (Wildman–Crippen MR) is 76.7 cm³/mol. The van der Waals surface area contributed by atoms with E-state index in [0.717, 1.165) is 0 Å². The molecule has 2 aromatic rings. The van der Waals surface area contributed by atoms with Crippen LogP contribution in [0.25, 0.3) is 0 Å². The summed E-state index contributed by atoms with van der Waals surface area (Å²) >= 11 is 5.76. The van der Waals surface area contributed by atoms with Crippen molar-refractivity contribution in [1.82, 2.24) is 4.98 Å². The van der Waals surface area contributed by atoms with E-state index in [1.807, 2.05) is 0 Å². The Morgan fingerprint density at radius 1 is 1.20 bits per heavy atom. The summed E-state index contributed by atoms with van der Waals surface area (Å²) in [5, 5.41) is 0.562. The molecular formula is C14H12ClN3O2. The van der Waals surface area contributed by atoms with Crippen molar-refractivity contribution < 1.29 is 9.59 Å². The average molecular weight is 290 g/mol. The molecule has 1 aromatic carbocycles. The molecule has 0 aliphatic heterocycles. The van der Waals surface area contributed by atoms with E-state index < -0.39 is 5.91 Å². The Hall–Kier alpha value is -2.40. The number of carbonyl (C=O) groups is 2. The van der Waals surface area contributed by atoms with Crippen LogP contribution >= 0.6 is 11.6 Å². The van der Waals surface area contributed by atoms with Crippen molar-refractivity contribution in [3.63, 3.8) is 0 Å². The van der Waals surface area contributed by atoms with Crippen LogP contribution < -0.4 is 11.5 Å². The minimum Gasteiger partial charge on any atom is -0.383 e. The molecule has 0 spiro atoms. The minimum absolute atomic E-state index is 0.0557. The maximum absolute atomic E-state index is 12.1. The molecule has 0 radical (unpaired) electrons. The number of hydrogen-bond donors (Lipinski definition) is 2. The first kappa shape index (κ1) is 14.0. The first-order chi connectivity index (χ1) is 9.47. The van der Waals surface area contributed by atoms with Gasteiger partial charge in [-0.05, 0) is 35.9 Å². The Labute approximate surface area is 120 Å². The fourth-order valence-electron chi connectivity index (χ4n) is 1.74. The third-order valence-electron chi connectivity index (χ3n) is 2.77. The Balaban J connectivity index is 2.21. The van der Waals surface area contributed by atoms with Crippen LogP contribution in [0.5, 0.6) is 0 Å². The molecule has 0 aliphatic carbocycles. The zero-order valence-electron chi connectivity index (χ0n) is 10.5. The van der Waals surface area contributed by atoms with Gasteiger partial charge in [0.25, 0.3) is 5.91 Å². The molecule has 0 aliphatic rings. The lowest BCUT2D eigenvalue weighted by Gasteiger charge is -2.05. The molecule has 0 atom stereocenters. The lowest BCUT2D eigenvalue weighted by Crippen LogP contribution is -2.15. The van der Waals surface area contributed by atoms with E-state index in [0.29, 0.717) is 16.1 Å². The van der Waals surface area contributed by atoms with Crippen molar-refractivity contribution in [3.05, 3.63) is 58.2 Å². The van der Waals surface area contributed by atoms with Gasteiger partial charge in [-0.15, -0.1) is 0 Å². The molecule has 0 bridgehead atoms. The second-order valence-electron chi connectivity index (χ2n) is 4.25. The molecule has 102 valence electrons. The van der Waals surface area contributed by atoms with Gasteiger partial charge in [-0.2, -0.15) is 0 Å². The second-order valence-corrected chi connectivity index (χ2v) is 4.68. The topological polar surface area (TPSA) is 99.1 Å². The molecule has 5 nitrogen and oxygen atoms in total. The zero-order chi connectivity index (χ0) is 14.7. The number of Topliss-reactive ketones (excluding diaryl/α,β-unsaturated/α-hetero) is 1. The molecular weight excluding hydrogens is 278 g/mol. The van der Waals surface area contributed by atoms with Gasteiger partial charge in [-0.25, -0.2) is 4.98 Å². The van der Waals surface area contributed by atoms with Crippen LogP contribution in [0.3, 0.4) is 0 Å². The highest BCUT2D eigenvalue weighted by molar-refractivity contribution is 6.30. The van der Waals surface area contributed by atoms with Crippen LogP contribution in [0.2, 0.25) is 5.02 Å². The van der Waals surface area contributed by atoms with Crippen LogP contribution in [-0.2, 0) is 6.42 Å². The highest BCUT2D eigenvalue weighted by atomic mass is 35.5. The Kier molecular flexibility index (Phi) is 4.00. The van der Waals surface area contributed by atoms with E-state index in [2.05, 4.69) is 4.98 Å². The number of hydrogen-bond acceptors (Lipinski definition) is 4. The SMILES string of the molecule is NC(=O)c1cc(CC(=O)c2ccc(Cl)cc2)cnc1N. The third-order valence-corrected chi connectivity index (χ3v) is 3.02. The fourth-order valence-corrected chi connectivity index (χ4v) is 1.86. The molecule has 0 unspecified atom stereocenters. The summed E-state index contributed by atoms with van der Waals surface area (Å²) < 4.78 is 0. The summed E-state index contributed by atoms with van der Waals surface area (Å²) in [7, 11) is 0. The van der Waals surface area contributed by atoms with Crippen LogP contribution in [0, 0.1) is 0 Å². The molecule has 6 heteroatoms. The molecule has 4 N–H and O–H groups in total. The van der Waals surface area contributed by atoms with Gasteiger partial charge in [0, 0.05) is 23.2 Å². The van der Waals surface area contributed by atoms with Gasteiger partial charge in [0.2, 0.25) is 0 Å². The van der Waals surface area contributed by atoms with Crippen molar-refractivity contribution in [1.29, 1.82) is 0 Å². The number of halogens is 1. The van der Waals surface area contributed by atoms with Crippen LogP contribution in [0.4, 0.5) is 5.82 Å². The standard InChI is InChI=1S/C14H12ClN3O2/c15-10-3-1-9(2-4-10)12(19)6-8-5-11(14(17)20)13(16)18-7-8/h1-5,7H,6H2,(H2,16,18)(H2,17,20). The summed E-state index contributed by atoms with van der Waals surface area (Å²) in [5.41, 5.74) is 11.9. The predicted octanol–water partition coefficient (Wildman–Crippen LogP) is 1.84. The number of nitrogens with two attached hydrogens (primary N) is 2. The van der Waals surface area contributed by atoms with Crippen LogP contribution in [0.15, 0.2) is 36.5 Å². The van der Waals surface area contributed by atoms with Gasteiger partial charge in [0.15, 0.2) is 5.78 Å². The number of carbonyl (C=O) groups excluding carboxylic acids is 2. The molecule has 0 fully saturated rings. The lowest BCUT2D eigenvalue weighted by atomic mass is 10.0. The number of rotatable bonds is 4. The first-order valence-electron chi connectivity index (χ1n) is 5.80. The molecule has 0 saturated carbocycles. The summed E-state index contributed by atoms with van der Waals surface area (Å²) in [6.07, 6.45) is 1.56. The van der Waals surface area contributed by atoms with Gasteiger partial charge in [0.05, 0.1) is 5.56 Å². The maximum atomic E-state index is 12.1. The van der Waals surface area contributed by atoms with Crippen LogP contribution in [-0.4, -0.2) is 16.7 Å². The summed E-state index contributed by atoms with van der Waals surface area (Å²) in [6.45, 7) is 0. The van der Waals surface area contributed by atoms with Gasteiger partial charge in [-0.1, -0.05) is 11.6 Å². The second kappa shape index (κ2) is 5.71. The van der Waals surface area contributed by atoms with Gasteiger partial charge in [0.1, 0.15) is 5.82 Å². The summed E-state index contributed by atoms with van der Waals surface area (Å²) in [4.78, 5) is 27.1. The highest BCUT2D eigenvalue weighted by Crippen LogP contribution is 2.14. The Morgan fingerprint density at radius 2 is 1.85 bits per heavy atom. The van der Waals surface area contributed by atoms with Crippen molar-refractivity contribution in [3.8, 4) is 0 Å². The molecule has 20 heavy (non-hydrogen) atoms. The van der Waals surface area contributed by atoms with Crippen molar-refractivity contribution >= 4 is 29.1 Å². The van der Waals surface area contributed by atoms with Gasteiger partial charge >= 0.3 is 0 Å². The van der Waals surface area contributed by atoms with Crippen molar-refractivity contribution in [2.24, 2.45) is 5.73 Å². The van der Waals surface area contributed by atoms with Gasteiger partial charge in [-0.3, -0.25) is 9.59 Å². The summed E-state index contributed by atoms with van der Waals surface area (Å²) in [5.74, 6) is -0.723. The summed E-state index contributed by atoms with van der Waals surface area (Å²) in [6, 6.07) is 8.06. The monoisotopic (exact) mass is 289 g/mol. The van der Waals surface area contributed by atoms with E-state index in [9.17, 15) is 9.59 Å². The molecule has 0 saturated heterocycles. The average Bonchev–Trinajstić information content (AvgIpc) is 2.41. The first-order valence-corrected chi connectivity index (χ1v) is 6.18. The van der Waals surface area contributed by atoms with Crippen LogP contribution in [0.1, 0.15) is 26.3 Å². The van der Waals surface area contributed by atoms with E-state index in [-0.39, 0.29) is 23.6 Å². The number of amides is 1. The number of benzene rings is 1. The van der Waals surface area contributed by atoms with Crippen molar-refractivity contribution in [2.45, 2.75) is 6.42 Å². The molecule has 1 amide bonds. The third kappa shape index (κ3) is 3.13. The highest BCUT2D eigenvalue weighted by Gasteiger charge is 2.12. The fraction of sp³-hybridized carbons (Fsp3) is 0.0714.